The lowest BCUT2D eigenvalue weighted by molar-refractivity contribution is -0.390. The van der Waals surface area contributed by atoms with Gasteiger partial charge in [-0.05, 0) is 28.5 Å². The van der Waals surface area contributed by atoms with Gasteiger partial charge in [0.1, 0.15) is 18.6 Å². The molecule has 21 heavy (non-hydrogen) atoms. The summed E-state index contributed by atoms with van der Waals surface area (Å²) in [4.78, 5) is 22.3. The van der Waals surface area contributed by atoms with E-state index in [0.29, 0.717) is 11.5 Å². The zero-order chi connectivity index (χ0) is 15.1. The van der Waals surface area contributed by atoms with Gasteiger partial charge in [0.05, 0.1) is 18.1 Å². The van der Waals surface area contributed by atoms with Gasteiger partial charge >= 0.3 is 5.82 Å². The van der Waals surface area contributed by atoms with Gasteiger partial charge in [-0.2, -0.15) is 0 Å². The van der Waals surface area contributed by atoms with E-state index in [9.17, 15) is 10.1 Å². The van der Waals surface area contributed by atoms with Gasteiger partial charge in [-0.1, -0.05) is 6.92 Å². The van der Waals surface area contributed by atoms with Gasteiger partial charge in [0, 0.05) is 6.54 Å². The first-order chi connectivity index (χ1) is 10.2. The predicted molar refractivity (Wildman–Crippen MR) is 76.0 cm³/mol. The van der Waals surface area contributed by atoms with Gasteiger partial charge in [-0.25, -0.2) is 4.98 Å². The van der Waals surface area contributed by atoms with E-state index in [0.717, 1.165) is 13.0 Å². The molecule has 0 bridgehead atoms. The summed E-state index contributed by atoms with van der Waals surface area (Å²) in [5, 5.41) is 13.9. The molecule has 2 aromatic heterocycles. The van der Waals surface area contributed by atoms with Crippen molar-refractivity contribution in [2.24, 2.45) is 0 Å². The Morgan fingerprint density at radius 3 is 2.86 bits per heavy atom. The topological polar surface area (TPSA) is 103 Å². The third-order valence-corrected chi connectivity index (χ3v) is 2.56. The second kappa shape index (κ2) is 7.13. The Kier molecular flexibility index (Phi) is 4.97. The van der Waals surface area contributed by atoms with Crippen molar-refractivity contribution >= 4 is 11.6 Å². The summed E-state index contributed by atoms with van der Waals surface area (Å²) in [5.41, 5.74) is 0.579. The Bertz CT molecular complexity index is 603. The van der Waals surface area contributed by atoms with Crippen LogP contribution in [-0.2, 0) is 6.61 Å². The molecular weight excluding hydrogens is 274 g/mol. The number of pyridine rings is 1. The molecule has 2 heterocycles. The number of hydrogen-bond donors (Lipinski definition) is 1. The minimum Gasteiger partial charge on any atom is -0.479 e. The average Bonchev–Trinajstić information content (AvgIpc) is 2.52. The van der Waals surface area contributed by atoms with Crippen LogP contribution in [0.4, 0.5) is 11.6 Å². The summed E-state index contributed by atoms with van der Waals surface area (Å²) in [6.07, 6.45) is 5.52. The summed E-state index contributed by atoms with van der Waals surface area (Å²) in [5.74, 6) is 0.483. The number of rotatable bonds is 7. The predicted octanol–water partition coefficient (Wildman–Crippen LogP) is 2.18. The number of nitrogens with one attached hydrogen (secondary N) is 1. The molecule has 0 spiro atoms. The minimum absolute atomic E-state index is 0.0909. The van der Waals surface area contributed by atoms with Gasteiger partial charge in [0.25, 0.3) is 0 Å². The van der Waals surface area contributed by atoms with Crippen molar-refractivity contribution in [2.75, 3.05) is 11.9 Å². The van der Waals surface area contributed by atoms with Crippen molar-refractivity contribution in [3.05, 3.63) is 46.5 Å². The number of ether oxygens (including phenoxy) is 1. The van der Waals surface area contributed by atoms with Crippen LogP contribution in [0.1, 0.15) is 19.0 Å². The van der Waals surface area contributed by atoms with Crippen LogP contribution in [0, 0.1) is 10.1 Å². The van der Waals surface area contributed by atoms with E-state index in [1.807, 2.05) is 0 Å². The molecule has 8 nitrogen and oxygen atoms in total. The first kappa shape index (κ1) is 14.6. The van der Waals surface area contributed by atoms with Crippen LogP contribution >= 0.6 is 0 Å². The van der Waals surface area contributed by atoms with E-state index in [2.05, 4.69) is 27.2 Å². The van der Waals surface area contributed by atoms with Gasteiger partial charge in [0.2, 0.25) is 5.75 Å². The van der Waals surface area contributed by atoms with Crippen LogP contribution in [0.2, 0.25) is 0 Å². The molecular formula is C13H15N5O3. The molecule has 0 fully saturated rings. The highest BCUT2D eigenvalue weighted by molar-refractivity contribution is 5.38. The molecule has 0 aliphatic carbocycles. The highest BCUT2D eigenvalue weighted by Crippen LogP contribution is 2.23. The summed E-state index contributed by atoms with van der Waals surface area (Å²) in [6, 6.07) is 3.07. The molecule has 2 aromatic rings. The maximum atomic E-state index is 10.8. The lowest BCUT2D eigenvalue weighted by atomic mass is 10.4. The monoisotopic (exact) mass is 289 g/mol. The van der Waals surface area contributed by atoms with Crippen molar-refractivity contribution in [1.82, 2.24) is 15.0 Å². The third-order valence-electron chi connectivity index (χ3n) is 2.56. The van der Waals surface area contributed by atoms with Crippen LogP contribution in [0.5, 0.6) is 5.75 Å². The first-order valence-electron chi connectivity index (χ1n) is 6.47. The largest absolute Gasteiger partial charge is 0.479 e. The van der Waals surface area contributed by atoms with Crippen molar-refractivity contribution in [3.8, 4) is 5.75 Å². The highest BCUT2D eigenvalue weighted by atomic mass is 16.6. The lowest BCUT2D eigenvalue weighted by Crippen LogP contribution is -2.05. The van der Waals surface area contributed by atoms with Crippen molar-refractivity contribution in [1.29, 1.82) is 0 Å². The Balaban J connectivity index is 1.98. The Morgan fingerprint density at radius 1 is 1.33 bits per heavy atom. The summed E-state index contributed by atoms with van der Waals surface area (Å²) in [6.45, 7) is 2.98. The van der Waals surface area contributed by atoms with Gasteiger partial charge in [0.15, 0.2) is 0 Å². The molecule has 0 atom stereocenters. The van der Waals surface area contributed by atoms with Gasteiger partial charge < -0.3 is 20.2 Å². The van der Waals surface area contributed by atoms with E-state index in [-0.39, 0.29) is 18.2 Å². The number of hydrogen-bond acceptors (Lipinski definition) is 7. The Hall–Kier alpha value is -2.77. The molecule has 110 valence electrons. The normalized spacial score (nSPS) is 10.1. The molecule has 8 heteroatoms. The molecule has 0 radical (unpaired) electrons. The fraction of sp³-hybridized carbons (Fsp3) is 0.308. The van der Waals surface area contributed by atoms with Crippen LogP contribution < -0.4 is 10.1 Å². The number of nitro groups is 1. The van der Waals surface area contributed by atoms with Crippen LogP contribution in [-0.4, -0.2) is 26.4 Å². The summed E-state index contributed by atoms with van der Waals surface area (Å²) in [7, 11) is 0. The van der Waals surface area contributed by atoms with E-state index in [1.165, 1.54) is 12.3 Å². The minimum atomic E-state index is -0.585. The quantitative estimate of drug-likeness (QED) is 0.615. The van der Waals surface area contributed by atoms with Crippen molar-refractivity contribution in [2.45, 2.75) is 20.0 Å². The van der Waals surface area contributed by atoms with Crippen LogP contribution in [0.3, 0.4) is 0 Å². The standard InChI is InChI=1S/C13H15N5O3/c1-2-5-14-12-8-16-10(7-17-12)9-21-11-4-3-6-15-13(11)18(19)20/h3-4,6-8H,2,5,9H2,1H3,(H,14,17). The molecule has 1 N–H and O–H groups in total. The van der Waals surface area contributed by atoms with Crippen molar-refractivity contribution in [3.63, 3.8) is 0 Å². The zero-order valence-electron chi connectivity index (χ0n) is 11.5. The van der Waals surface area contributed by atoms with Crippen molar-refractivity contribution < 1.29 is 9.66 Å². The molecule has 0 aliphatic heterocycles. The molecule has 0 saturated heterocycles. The van der Waals surface area contributed by atoms with E-state index in [4.69, 9.17) is 4.74 Å². The van der Waals surface area contributed by atoms with Gasteiger partial charge in [-0.3, -0.25) is 4.98 Å². The SMILES string of the molecule is CCCNc1cnc(COc2cccnc2[N+](=O)[O-])cn1. The molecule has 0 aromatic carbocycles. The molecule has 0 aliphatic rings. The molecule has 0 amide bonds. The third kappa shape index (κ3) is 4.10. The fourth-order valence-electron chi connectivity index (χ4n) is 1.56. The van der Waals surface area contributed by atoms with Crippen LogP contribution in [0.25, 0.3) is 0 Å². The maximum Gasteiger partial charge on any atom is 0.406 e. The Labute approximate surface area is 121 Å². The van der Waals surface area contributed by atoms with Gasteiger partial charge in [-0.15, -0.1) is 0 Å². The number of aromatic nitrogens is 3. The summed E-state index contributed by atoms with van der Waals surface area (Å²) < 4.78 is 5.38. The second-order valence-corrected chi connectivity index (χ2v) is 4.19. The zero-order valence-corrected chi connectivity index (χ0v) is 11.5. The first-order valence-corrected chi connectivity index (χ1v) is 6.47. The Morgan fingerprint density at radius 2 is 2.19 bits per heavy atom. The van der Waals surface area contributed by atoms with Crippen LogP contribution in [0.15, 0.2) is 30.7 Å². The highest BCUT2D eigenvalue weighted by Gasteiger charge is 2.15. The van der Waals surface area contributed by atoms with E-state index < -0.39 is 4.92 Å². The average molecular weight is 289 g/mol. The maximum absolute atomic E-state index is 10.8. The van der Waals surface area contributed by atoms with E-state index in [1.54, 1.807) is 18.5 Å². The lowest BCUT2D eigenvalue weighted by Gasteiger charge is -2.06. The smallest absolute Gasteiger partial charge is 0.406 e. The van der Waals surface area contributed by atoms with E-state index >= 15 is 0 Å². The number of anilines is 1. The fourth-order valence-corrected chi connectivity index (χ4v) is 1.56. The summed E-state index contributed by atoms with van der Waals surface area (Å²) >= 11 is 0. The molecule has 0 saturated carbocycles. The molecule has 2 rings (SSSR count). The second-order valence-electron chi connectivity index (χ2n) is 4.19. The molecule has 0 unspecified atom stereocenters. The number of nitrogens with zero attached hydrogens (tertiary/aromatic N) is 4.